The molecule has 0 bridgehead atoms. The van der Waals surface area contributed by atoms with Crippen LogP contribution >= 0.6 is 27.5 Å². The molecule has 0 atom stereocenters. The van der Waals surface area contributed by atoms with Crippen molar-refractivity contribution >= 4 is 33.6 Å². The van der Waals surface area contributed by atoms with Gasteiger partial charge in [-0.15, -0.1) is 0 Å². The van der Waals surface area contributed by atoms with Gasteiger partial charge < -0.3 is 15.0 Å². The average Bonchev–Trinajstić information content (AvgIpc) is 2.38. The molecule has 0 fully saturated rings. The summed E-state index contributed by atoms with van der Waals surface area (Å²) in [7, 11) is 1.75. The van der Waals surface area contributed by atoms with Gasteiger partial charge in [-0.3, -0.25) is 0 Å². The van der Waals surface area contributed by atoms with Crippen LogP contribution in [-0.2, 0) is 11.3 Å². The molecule has 0 radical (unpaired) electrons. The maximum Gasteiger partial charge on any atom is 0.410 e. The van der Waals surface area contributed by atoms with Crippen LogP contribution in [0.4, 0.5) is 4.79 Å². The van der Waals surface area contributed by atoms with Crippen molar-refractivity contribution in [1.29, 1.82) is 0 Å². The van der Waals surface area contributed by atoms with Crippen molar-refractivity contribution in [3.63, 3.8) is 0 Å². The molecule has 0 aromatic heterocycles. The van der Waals surface area contributed by atoms with E-state index in [1.165, 1.54) is 0 Å². The van der Waals surface area contributed by atoms with Crippen LogP contribution in [0.25, 0.3) is 0 Å². The van der Waals surface area contributed by atoms with E-state index in [9.17, 15) is 4.79 Å². The number of carbonyl (C=O) groups is 1. The predicted octanol–water partition coefficient (Wildman–Crippen LogP) is 4.45. The minimum atomic E-state index is -0.454. The summed E-state index contributed by atoms with van der Waals surface area (Å²) in [5.41, 5.74) is 0.703. The monoisotopic (exact) mass is 390 g/mol. The Morgan fingerprint density at radius 1 is 1.41 bits per heavy atom. The molecule has 0 aliphatic heterocycles. The van der Waals surface area contributed by atoms with Gasteiger partial charge in [-0.25, -0.2) is 4.79 Å². The highest BCUT2D eigenvalue weighted by Crippen LogP contribution is 2.21. The number of hydrogen-bond donors (Lipinski definition) is 1. The third kappa shape index (κ3) is 7.47. The lowest BCUT2D eigenvalue weighted by atomic mass is 10.2. The second kappa shape index (κ2) is 8.75. The van der Waals surface area contributed by atoms with Crippen LogP contribution in [0.3, 0.4) is 0 Å². The molecule has 0 aliphatic carbocycles. The maximum atomic E-state index is 11.8. The number of hydrogen-bond acceptors (Lipinski definition) is 3. The van der Waals surface area contributed by atoms with E-state index >= 15 is 0 Å². The first-order valence-corrected chi connectivity index (χ1v) is 8.45. The molecule has 0 heterocycles. The Kier molecular flexibility index (Phi) is 7.66. The van der Waals surface area contributed by atoms with Gasteiger partial charge in [0.15, 0.2) is 0 Å². The Labute approximate surface area is 146 Å². The number of nitrogens with one attached hydrogen (secondary N) is 1. The first-order chi connectivity index (χ1) is 10.2. The predicted molar refractivity (Wildman–Crippen MR) is 94.3 cm³/mol. The summed E-state index contributed by atoms with van der Waals surface area (Å²) in [5, 5.41) is 4.07. The van der Waals surface area contributed by atoms with Crippen molar-refractivity contribution in [1.82, 2.24) is 10.2 Å². The van der Waals surface area contributed by atoms with Gasteiger partial charge in [-0.05, 0) is 51.4 Å². The third-order valence-electron chi connectivity index (χ3n) is 2.88. The van der Waals surface area contributed by atoms with Gasteiger partial charge in [0, 0.05) is 29.6 Å². The fourth-order valence-corrected chi connectivity index (χ4v) is 2.58. The lowest BCUT2D eigenvalue weighted by Gasteiger charge is -2.24. The molecule has 1 amide bonds. The van der Waals surface area contributed by atoms with Gasteiger partial charge in [0.25, 0.3) is 0 Å². The maximum absolute atomic E-state index is 11.8. The summed E-state index contributed by atoms with van der Waals surface area (Å²) in [6.07, 6.45) is 0.578. The Balaban J connectivity index is 2.24. The summed E-state index contributed by atoms with van der Waals surface area (Å²) in [6, 6.07) is 5.75. The number of nitrogens with zero attached hydrogens (tertiary/aromatic N) is 1. The zero-order chi connectivity index (χ0) is 16.8. The molecule has 0 spiro atoms. The number of benzene rings is 1. The second-order valence-electron chi connectivity index (χ2n) is 6.17. The van der Waals surface area contributed by atoms with E-state index < -0.39 is 5.60 Å². The lowest BCUT2D eigenvalue weighted by molar-refractivity contribution is 0.0297. The van der Waals surface area contributed by atoms with Gasteiger partial charge in [-0.2, -0.15) is 0 Å². The van der Waals surface area contributed by atoms with Crippen LogP contribution in [0.15, 0.2) is 22.7 Å². The normalized spacial score (nSPS) is 11.4. The van der Waals surface area contributed by atoms with Gasteiger partial charge in [0.05, 0.1) is 0 Å². The number of rotatable bonds is 6. The van der Waals surface area contributed by atoms with E-state index in [0.29, 0.717) is 6.54 Å². The van der Waals surface area contributed by atoms with E-state index in [1.807, 2.05) is 39.0 Å². The molecule has 0 saturated heterocycles. The van der Waals surface area contributed by atoms with Crippen molar-refractivity contribution in [2.24, 2.45) is 0 Å². The van der Waals surface area contributed by atoms with Crippen molar-refractivity contribution in [2.75, 3.05) is 20.1 Å². The highest BCUT2D eigenvalue weighted by atomic mass is 79.9. The smallest absolute Gasteiger partial charge is 0.410 e. The molecule has 1 N–H and O–H groups in total. The first kappa shape index (κ1) is 19.3. The Morgan fingerprint density at radius 3 is 2.68 bits per heavy atom. The second-order valence-corrected chi connectivity index (χ2v) is 7.46. The van der Waals surface area contributed by atoms with Gasteiger partial charge in [-0.1, -0.05) is 33.6 Å². The highest BCUT2D eigenvalue weighted by Gasteiger charge is 2.18. The standard InChI is InChI=1S/C16H24BrClN2O2/c1-16(2,3)22-15(21)20(4)9-5-8-19-11-12-6-7-13(18)10-14(12)17/h6-7,10,19H,5,8-9,11H2,1-4H3. The van der Waals surface area contributed by atoms with Crippen LogP contribution in [0, 0.1) is 0 Å². The fraction of sp³-hybridized carbons (Fsp3) is 0.562. The minimum Gasteiger partial charge on any atom is -0.444 e. The number of halogens is 2. The van der Waals surface area contributed by atoms with Crippen molar-refractivity contribution in [3.05, 3.63) is 33.3 Å². The van der Waals surface area contributed by atoms with Crippen LogP contribution < -0.4 is 5.32 Å². The van der Waals surface area contributed by atoms with E-state index in [2.05, 4.69) is 21.2 Å². The molecular weight excluding hydrogens is 368 g/mol. The Morgan fingerprint density at radius 2 is 2.09 bits per heavy atom. The molecular formula is C16H24BrClN2O2. The van der Waals surface area contributed by atoms with E-state index in [-0.39, 0.29) is 6.09 Å². The molecule has 1 aromatic carbocycles. The molecule has 0 aliphatic rings. The molecule has 22 heavy (non-hydrogen) atoms. The molecule has 4 nitrogen and oxygen atoms in total. The van der Waals surface area contributed by atoms with Crippen molar-refractivity contribution in [2.45, 2.75) is 39.3 Å². The summed E-state index contributed by atoms with van der Waals surface area (Å²) in [4.78, 5) is 13.4. The Bertz CT molecular complexity index is 503. The van der Waals surface area contributed by atoms with Crippen LogP contribution in [0.1, 0.15) is 32.8 Å². The van der Waals surface area contributed by atoms with E-state index in [0.717, 1.165) is 34.6 Å². The highest BCUT2D eigenvalue weighted by molar-refractivity contribution is 9.10. The summed E-state index contributed by atoms with van der Waals surface area (Å²) < 4.78 is 6.30. The first-order valence-electron chi connectivity index (χ1n) is 7.28. The van der Waals surface area contributed by atoms with Crippen molar-refractivity contribution < 1.29 is 9.53 Å². The topological polar surface area (TPSA) is 41.6 Å². The number of ether oxygens (including phenoxy) is 1. The van der Waals surface area contributed by atoms with Crippen LogP contribution in [-0.4, -0.2) is 36.7 Å². The Hall–Kier alpha value is -0.780. The quantitative estimate of drug-likeness (QED) is 0.728. The largest absolute Gasteiger partial charge is 0.444 e. The number of carbonyl (C=O) groups excluding carboxylic acids is 1. The molecule has 0 saturated carbocycles. The summed E-state index contributed by atoms with van der Waals surface area (Å²) in [6.45, 7) is 7.83. The zero-order valence-electron chi connectivity index (χ0n) is 13.6. The van der Waals surface area contributed by atoms with E-state index in [1.54, 1.807) is 11.9 Å². The zero-order valence-corrected chi connectivity index (χ0v) is 15.9. The molecule has 6 heteroatoms. The van der Waals surface area contributed by atoms with Crippen molar-refractivity contribution in [3.8, 4) is 0 Å². The summed E-state index contributed by atoms with van der Waals surface area (Å²) >= 11 is 9.40. The SMILES string of the molecule is CN(CCCNCc1ccc(Cl)cc1Br)C(=O)OC(C)(C)C. The lowest BCUT2D eigenvalue weighted by Crippen LogP contribution is -2.35. The van der Waals surface area contributed by atoms with Crippen LogP contribution in [0.5, 0.6) is 0 Å². The summed E-state index contributed by atoms with van der Waals surface area (Å²) in [5.74, 6) is 0. The molecule has 0 unspecified atom stereocenters. The van der Waals surface area contributed by atoms with Gasteiger partial charge >= 0.3 is 6.09 Å². The fourth-order valence-electron chi connectivity index (χ4n) is 1.76. The minimum absolute atomic E-state index is 0.284. The van der Waals surface area contributed by atoms with Gasteiger partial charge in [0.1, 0.15) is 5.60 Å². The number of amides is 1. The van der Waals surface area contributed by atoms with Crippen LogP contribution in [0.2, 0.25) is 5.02 Å². The molecule has 1 rings (SSSR count). The third-order valence-corrected chi connectivity index (χ3v) is 3.86. The molecule has 1 aromatic rings. The van der Waals surface area contributed by atoms with E-state index in [4.69, 9.17) is 16.3 Å². The average molecular weight is 392 g/mol. The van der Waals surface area contributed by atoms with Gasteiger partial charge in [0.2, 0.25) is 0 Å². The molecule has 124 valence electrons.